The second kappa shape index (κ2) is 8.88. The lowest BCUT2D eigenvalue weighted by Gasteiger charge is -2.45. The van der Waals surface area contributed by atoms with Crippen LogP contribution in [-0.4, -0.2) is 63.0 Å². The van der Waals surface area contributed by atoms with Crippen LogP contribution < -0.4 is 16.0 Å². The van der Waals surface area contributed by atoms with E-state index in [2.05, 4.69) is 15.0 Å². The fourth-order valence-corrected chi connectivity index (χ4v) is 3.99. The zero-order chi connectivity index (χ0) is 24.6. The molecule has 4 rings (SSSR count). The molecule has 1 saturated heterocycles. The number of aromatic nitrogens is 3. The predicted molar refractivity (Wildman–Crippen MR) is 113 cm³/mol. The van der Waals surface area contributed by atoms with Gasteiger partial charge in [0.2, 0.25) is 11.9 Å². The Kier molecular flexibility index (Phi) is 6.11. The largest absolute Gasteiger partial charge is 0.408 e. The maximum absolute atomic E-state index is 13.4. The van der Waals surface area contributed by atoms with E-state index in [9.17, 15) is 27.6 Å². The number of pyridine rings is 1. The molecule has 2 fully saturated rings. The minimum Gasteiger partial charge on any atom is -0.384 e. The molecule has 2 aromatic rings. The Balaban J connectivity index is 1.59. The average Bonchev–Trinajstić information content (AvgIpc) is 3.63. The van der Waals surface area contributed by atoms with Crippen LogP contribution in [0.1, 0.15) is 18.4 Å². The number of carbonyl (C=O) groups excluding carboxylic acids is 3. The van der Waals surface area contributed by atoms with Crippen molar-refractivity contribution >= 4 is 29.6 Å². The number of likely N-dealkylation sites (N-methyl/N-ethyl adjacent to an activating group) is 1. The molecule has 1 saturated carbocycles. The minimum absolute atomic E-state index is 0.0188. The molecule has 3 N–H and O–H groups in total. The van der Waals surface area contributed by atoms with Crippen LogP contribution in [0.5, 0.6) is 0 Å². The molecule has 0 unspecified atom stereocenters. The van der Waals surface area contributed by atoms with Gasteiger partial charge < -0.3 is 11.1 Å². The Morgan fingerprint density at radius 2 is 1.91 bits per heavy atom. The van der Waals surface area contributed by atoms with Gasteiger partial charge in [0.15, 0.2) is 0 Å². The van der Waals surface area contributed by atoms with Gasteiger partial charge in [0.25, 0.3) is 5.91 Å². The number of nitrogens with zero attached hydrogens (tertiary/aromatic N) is 5. The van der Waals surface area contributed by atoms with Gasteiger partial charge in [-0.25, -0.2) is 19.7 Å². The van der Waals surface area contributed by atoms with Gasteiger partial charge in [0, 0.05) is 25.6 Å². The Labute approximate surface area is 192 Å². The Hall–Kier alpha value is -3.77. The van der Waals surface area contributed by atoms with Crippen LogP contribution >= 0.6 is 0 Å². The van der Waals surface area contributed by atoms with Crippen molar-refractivity contribution in [2.24, 2.45) is 11.8 Å². The number of rotatable bonds is 6. The number of alkyl halides is 3. The number of amides is 4. The topological polar surface area (TPSA) is 134 Å². The highest BCUT2D eigenvalue weighted by Gasteiger charge is 2.57. The molecule has 0 bridgehead atoms. The highest BCUT2D eigenvalue weighted by atomic mass is 19.4. The number of urea groups is 1. The number of anilines is 2. The van der Waals surface area contributed by atoms with Crippen molar-refractivity contribution in [3.63, 3.8) is 0 Å². The standard InChI is InChI=1S/C21H22F3N7O3/c1-30(19-27-6-2-7-28-19)18(33)15-13(9-11-5-8-26-14(25)10-11)17(32)31(15)20(34)29-16(12-3-4-12)21(22,23)24/h2,5-8,10,12-13,15-16H,3-4,9H2,1H3,(H2,25,26)(H,29,34)/t13-,15+,16+/m1/s1. The van der Waals surface area contributed by atoms with E-state index in [1.165, 1.54) is 31.7 Å². The normalized spacial score (nSPS) is 20.9. The van der Waals surface area contributed by atoms with E-state index in [0.29, 0.717) is 23.3 Å². The van der Waals surface area contributed by atoms with E-state index < -0.39 is 47.9 Å². The van der Waals surface area contributed by atoms with E-state index in [-0.39, 0.29) is 18.2 Å². The first-order valence-corrected chi connectivity index (χ1v) is 10.5. The summed E-state index contributed by atoms with van der Waals surface area (Å²) >= 11 is 0. The number of hydrogen-bond acceptors (Lipinski definition) is 7. The number of nitrogen functional groups attached to an aromatic ring is 1. The number of imide groups is 1. The van der Waals surface area contributed by atoms with Gasteiger partial charge in [-0.05, 0) is 48.9 Å². The number of halogens is 3. The summed E-state index contributed by atoms with van der Waals surface area (Å²) in [5, 5.41) is 1.92. The van der Waals surface area contributed by atoms with Crippen LogP contribution in [0.4, 0.5) is 29.7 Å². The molecule has 4 amide bonds. The summed E-state index contributed by atoms with van der Waals surface area (Å²) < 4.78 is 40.3. The third kappa shape index (κ3) is 4.63. The van der Waals surface area contributed by atoms with Crippen LogP contribution in [0.15, 0.2) is 36.8 Å². The number of carbonyl (C=O) groups is 3. The Bertz CT molecular complexity index is 1090. The first-order chi connectivity index (χ1) is 16.1. The lowest BCUT2D eigenvalue weighted by Crippen LogP contribution is -2.71. The maximum atomic E-state index is 13.4. The maximum Gasteiger partial charge on any atom is 0.408 e. The molecule has 34 heavy (non-hydrogen) atoms. The SMILES string of the molecule is CN(C(=O)[C@@H]1[C@@H](Cc2ccnc(N)c2)C(=O)N1C(=O)N[C@@H](C1CC1)C(F)(F)F)c1ncccn1. The van der Waals surface area contributed by atoms with Gasteiger partial charge in [-0.15, -0.1) is 0 Å². The van der Waals surface area contributed by atoms with Crippen molar-refractivity contribution < 1.29 is 27.6 Å². The molecule has 2 aromatic heterocycles. The van der Waals surface area contributed by atoms with Crippen molar-refractivity contribution in [1.29, 1.82) is 0 Å². The van der Waals surface area contributed by atoms with E-state index >= 15 is 0 Å². The molecule has 2 aliphatic rings. The zero-order valence-electron chi connectivity index (χ0n) is 18.1. The molecular weight excluding hydrogens is 455 g/mol. The lowest BCUT2D eigenvalue weighted by molar-refractivity contribution is -0.163. The fraction of sp³-hybridized carbons (Fsp3) is 0.429. The third-order valence-electron chi connectivity index (χ3n) is 5.89. The second-order valence-electron chi connectivity index (χ2n) is 8.30. The average molecular weight is 477 g/mol. The molecule has 13 heteroatoms. The smallest absolute Gasteiger partial charge is 0.384 e. The summed E-state index contributed by atoms with van der Waals surface area (Å²) in [6, 6.07) is -0.0220. The van der Waals surface area contributed by atoms with Crippen molar-refractivity contribution in [3.05, 3.63) is 42.4 Å². The summed E-state index contributed by atoms with van der Waals surface area (Å²) in [5.41, 5.74) is 6.27. The van der Waals surface area contributed by atoms with Crippen LogP contribution in [0.2, 0.25) is 0 Å². The molecule has 3 heterocycles. The summed E-state index contributed by atoms with van der Waals surface area (Å²) in [5.74, 6) is -2.98. The summed E-state index contributed by atoms with van der Waals surface area (Å²) in [4.78, 5) is 52.5. The molecule has 1 aliphatic carbocycles. The predicted octanol–water partition coefficient (Wildman–Crippen LogP) is 1.54. The Morgan fingerprint density at radius 1 is 1.24 bits per heavy atom. The van der Waals surface area contributed by atoms with Crippen LogP contribution in [0.25, 0.3) is 0 Å². The van der Waals surface area contributed by atoms with Gasteiger partial charge >= 0.3 is 12.2 Å². The number of likely N-dealkylation sites (tertiary alicyclic amines) is 1. The molecular formula is C21H22F3N7O3. The van der Waals surface area contributed by atoms with Crippen LogP contribution in [0.3, 0.4) is 0 Å². The monoisotopic (exact) mass is 477 g/mol. The number of nitrogens with one attached hydrogen (secondary N) is 1. The van der Waals surface area contributed by atoms with Gasteiger partial charge in [0.05, 0.1) is 5.92 Å². The van der Waals surface area contributed by atoms with Gasteiger partial charge in [-0.2, -0.15) is 13.2 Å². The molecule has 0 aromatic carbocycles. The van der Waals surface area contributed by atoms with Crippen molar-refractivity contribution in [2.45, 2.75) is 37.5 Å². The first-order valence-electron chi connectivity index (χ1n) is 10.5. The van der Waals surface area contributed by atoms with Gasteiger partial charge in [0.1, 0.15) is 17.9 Å². The molecule has 0 spiro atoms. The summed E-state index contributed by atoms with van der Waals surface area (Å²) in [6.45, 7) is 0. The molecule has 180 valence electrons. The molecule has 10 nitrogen and oxygen atoms in total. The van der Waals surface area contributed by atoms with Crippen molar-refractivity contribution in [1.82, 2.24) is 25.2 Å². The van der Waals surface area contributed by atoms with E-state index in [1.807, 2.05) is 5.32 Å². The highest BCUT2D eigenvalue weighted by Crippen LogP contribution is 2.41. The van der Waals surface area contributed by atoms with Crippen molar-refractivity contribution in [3.8, 4) is 0 Å². The van der Waals surface area contributed by atoms with Gasteiger partial charge in [-0.1, -0.05) is 0 Å². The third-order valence-corrected chi connectivity index (χ3v) is 5.89. The fourth-order valence-electron chi connectivity index (χ4n) is 3.99. The second-order valence-corrected chi connectivity index (χ2v) is 8.30. The van der Waals surface area contributed by atoms with E-state index in [4.69, 9.17) is 5.73 Å². The lowest BCUT2D eigenvalue weighted by atomic mass is 9.81. The van der Waals surface area contributed by atoms with Gasteiger partial charge in [-0.3, -0.25) is 19.4 Å². The molecule has 0 radical (unpaired) electrons. The minimum atomic E-state index is -4.67. The van der Waals surface area contributed by atoms with Crippen LogP contribution in [-0.2, 0) is 16.0 Å². The zero-order valence-corrected chi connectivity index (χ0v) is 18.1. The Morgan fingerprint density at radius 3 is 2.50 bits per heavy atom. The number of nitrogens with two attached hydrogens (primary N) is 1. The summed E-state index contributed by atoms with van der Waals surface area (Å²) in [7, 11) is 1.36. The summed E-state index contributed by atoms with van der Waals surface area (Å²) in [6.07, 6.45) is 0.255. The quantitative estimate of drug-likeness (QED) is 0.603. The van der Waals surface area contributed by atoms with E-state index in [0.717, 1.165) is 4.90 Å². The van der Waals surface area contributed by atoms with Crippen LogP contribution in [0, 0.1) is 11.8 Å². The van der Waals surface area contributed by atoms with E-state index in [1.54, 1.807) is 12.1 Å². The first kappa shape index (κ1) is 23.4. The number of hydrogen-bond donors (Lipinski definition) is 2. The van der Waals surface area contributed by atoms with Crippen molar-refractivity contribution in [2.75, 3.05) is 17.7 Å². The molecule has 3 atom stereocenters. The number of β-lactam (4-membered cyclic amide) rings is 1. The molecule has 1 aliphatic heterocycles. The highest BCUT2D eigenvalue weighted by molar-refractivity contribution is 6.12.